The molecule has 2 aromatic heterocycles. The van der Waals surface area contributed by atoms with Crippen molar-refractivity contribution >= 4 is 47.2 Å². The Morgan fingerprint density at radius 3 is 2.95 bits per heavy atom. The van der Waals surface area contributed by atoms with Gasteiger partial charge in [0.2, 0.25) is 0 Å². The van der Waals surface area contributed by atoms with E-state index in [1.807, 2.05) is 46.9 Å². The molecule has 1 saturated heterocycles. The zero-order valence-electron chi connectivity index (χ0n) is 11.1. The van der Waals surface area contributed by atoms with Crippen LogP contribution in [0.3, 0.4) is 0 Å². The van der Waals surface area contributed by atoms with Gasteiger partial charge in [0, 0.05) is 36.4 Å². The van der Waals surface area contributed by atoms with E-state index in [0.717, 1.165) is 35.7 Å². The minimum Gasteiger partial charge on any atom is -0.370 e. The molecule has 3 rings (SSSR count). The van der Waals surface area contributed by atoms with Gasteiger partial charge in [0.15, 0.2) is 5.96 Å². The summed E-state index contributed by atoms with van der Waals surface area (Å²) >= 11 is 1.97. The number of aromatic nitrogens is 2. The molecule has 0 bridgehead atoms. The van der Waals surface area contributed by atoms with Crippen molar-refractivity contribution in [3.8, 4) is 0 Å². The number of halogens is 1. The number of thioether (sulfide) groups is 1. The average molecular weight is 403 g/mol. The summed E-state index contributed by atoms with van der Waals surface area (Å²) in [5.74, 6) is 2.91. The van der Waals surface area contributed by atoms with Gasteiger partial charge in [-0.05, 0) is 12.1 Å². The summed E-state index contributed by atoms with van der Waals surface area (Å²) in [6.07, 6.45) is 3.80. The van der Waals surface area contributed by atoms with Crippen molar-refractivity contribution in [1.29, 1.82) is 0 Å². The Balaban J connectivity index is 0.00000147. The fourth-order valence-electron chi connectivity index (χ4n) is 2.17. The maximum absolute atomic E-state index is 6.05. The number of fused-ring (bicyclic) bond motifs is 1. The van der Waals surface area contributed by atoms with E-state index in [1.54, 1.807) is 0 Å². The maximum atomic E-state index is 6.05. The van der Waals surface area contributed by atoms with Gasteiger partial charge in [-0.1, -0.05) is 6.07 Å². The van der Waals surface area contributed by atoms with E-state index in [4.69, 9.17) is 5.73 Å². The van der Waals surface area contributed by atoms with E-state index in [-0.39, 0.29) is 24.0 Å². The minimum atomic E-state index is 0. The maximum Gasteiger partial charge on any atom is 0.191 e. The smallest absolute Gasteiger partial charge is 0.191 e. The van der Waals surface area contributed by atoms with Crippen LogP contribution >= 0.6 is 35.7 Å². The summed E-state index contributed by atoms with van der Waals surface area (Å²) in [7, 11) is 0. The Morgan fingerprint density at radius 1 is 1.35 bits per heavy atom. The number of guanidine groups is 1. The van der Waals surface area contributed by atoms with Crippen molar-refractivity contribution in [1.82, 2.24) is 14.5 Å². The van der Waals surface area contributed by atoms with Gasteiger partial charge in [-0.3, -0.25) is 0 Å². The van der Waals surface area contributed by atoms with Crippen LogP contribution in [0, 0.1) is 0 Å². The molecule has 20 heavy (non-hydrogen) atoms. The second-order valence-corrected chi connectivity index (χ2v) is 5.70. The van der Waals surface area contributed by atoms with Crippen LogP contribution in [0.5, 0.6) is 0 Å². The summed E-state index contributed by atoms with van der Waals surface area (Å²) in [4.78, 5) is 6.65. The zero-order valence-corrected chi connectivity index (χ0v) is 14.3. The SMILES string of the molecule is I.NC(=NCc1cnn2ccccc12)N1CCSCC1. The quantitative estimate of drug-likeness (QED) is 0.472. The number of hydrogen-bond acceptors (Lipinski definition) is 3. The number of nitrogens with two attached hydrogens (primary N) is 1. The molecule has 0 atom stereocenters. The Morgan fingerprint density at radius 2 is 2.15 bits per heavy atom. The first-order valence-corrected chi connectivity index (χ1v) is 7.54. The molecule has 0 aliphatic carbocycles. The van der Waals surface area contributed by atoms with Gasteiger partial charge >= 0.3 is 0 Å². The van der Waals surface area contributed by atoms with Crippen LogP contribution in [0.15, 0.2) is 35.6 Å². The van der Waals surface area contributed by atoms with Gasteiger partial charge in [-0.25, -0.2) is 9.51 Å². The number of nitrogens with zero attached hydrogens (tertiary/aromatic N) is 4. The molecule has 2 N–H and O–H groups in total. The van der Waals surface area contributed by atoms with E-state index < -0.39 is 0 Å². The lowest BCUT2D eigenvalue weighted by molar-refractivity contribution is 0.455. The standard InChI is InChI=1S/C13H17N5S.HI/c14-13(17-5-7-19-8-6-17)15-9-11-10-16-18-4-2-1-3-12(11)18;/h1-4,10H,5-9H2,(H2,14,15);1H. The molecule has 0 radical (unpaired) electrons. The Labute approximate surface area is 139 Å². The number of rotatable bonds is 2. The van der Waals surface area contributed by atoms with Crippen LogP contribution in [0.2, 0.25) is 0 Å². The summed E-state index contributed by atoms with van der Waals surface area (Å²) in [6, 6.07) is 6.02. The summed E-state index contributed by atoms with van der Waals surface area (Å²) in [5.41, 5.74) is 8.25. The predicted octanol–water partition coefficient (Wildman–Crippen LogP) is 1.82. The van der Waals surface area contributed by atoms with Crippen LogP contribution in [-0.2, 0) is 6.54 Å². The van der Waals surface area contributed by atoms with Crippen LogP contribution in [0.4, 0.5) is 0 Å². The lowest BCUT2D eigenvalue weighted by atomic mass is 10.2. The molecule has 1 fully saturated rings. The molecule has 108 valence electrons. The van der Waals surface area contributed by atoms with E-state index in [9.17, 15) is 0 Å². The monoisotopic (exact) mass is 403 g/mol. The van der Waals surface area contributed by atoms with E-state index in [1.165, 1.54) is 0 Å². The third-order valence-corrected chi connectivity index (χ3v) is 4.20. The van der Waals surface area contributed by atoms with Crippen molar-refractivity contribution in [2.75, 3.05) is 24.6 Å². The normalized spacial score (nSPS) is 16.2. The number of hydrogen-bond donors (Lipinski definition) is 1. The van der Waals surface area contributed by atoms with E-state index in [0.29, 0.717) is 12.5 Å². The Hall–Kier alpha value is -0.960. The van der Waals surface area contributed by atoms with Crippen molar-refractivity contribution in [2.45, 2.75) is 6.54 Å². The first kappa shape index (κ1) is 15.4. The second kappa shape index (κ2) is 7.16. The molecular formula is C13H18IN5S. The largest absolute Gasteiger partial charge is 0.370 e. The third-order valence-electron chi connectivity index (χ3n) is 3.25. The molecule has 2 aromatic rings. The number of aliphatic imine (C=N–C) groups is 1. The Bertz CT molecular complexity index is 591. The zero-order chi connectivity index (χ0) is 13.1. The first-order chi connectivity index (χ1) is 9.34. The third kappa shape index (κ3) is 3.38. The highest BCUT2D eigenvalue weighted by Crippen LogP contribution is 2.12. The molecule has 0 unspecified atom stereocenters. The van der Waals surface area contributed by atoms with Crippen LogP contribution in [-0.4, -0.2) is 45.1 Å². The summed E-state index contributed by atoms with van der Waals surface area (Å²) < 4.78 is 1.86. The average Bonchev–Trinajstić information content (AvgIpc) is 2.89. The Kier molecular flexibility index (Phi) is 5.53. The van der Waals surface area contributed by atoms with Gasteiger partial charge in [-0.15, -0.1) is 24.0 Å². The van der Waals surface area contributed by atoms with Gasteiger partial charge in [0.05, 0.1) is 18.3 Å². The highest BCUT2D eigenvalue weighted by Gasteiger charge is 2.12. The topological polar surface area (TPSA) is 58.9 Å². The molecule has 0 amide bonds. The van der Waals surface area contributed by atoms with Crippen LogP contribution in [0.1, 0.15) is 5.56 Å². The molecule has 3 heterocycles. The molecular weight excluding hydrogens is 385 g/mol. The summed E-state index contributed by atoms with van der Waals surface area (Å²) in [6.45, 7) is 2.58. The van der Waals surface area contributed by atoms with Gasteiger partial charge in [0.25, 0.3) is 0 Å². The van der Waals surface area contributed by atoms with Crippen molar-refractivity contribution in [3.05, 3.63) is 36.2 Å². The molecule has 0 spiro atoms. The lowest BCUT2D eigenvalue weighted by Gasteiger charge is -2.27. The van der Waals surface area contributed by atoms with Crippen LogP contribution in [0.25, 0.3) is 5.52 Å². The molecule has 0 saturated carbocycles. The predicted molar refractivity (Wildman–Crippen MR) is 94.8 cm³/mol. The second-order valence-electron chi connectivity index (χ2n) is 4.47. The first-order valence-electron chi connectivity index (χ1n) is 6.38. The lowest BCUT2D eigenvalue weighted by Crippen LogP contribution is -2.42. The highest BCUT2D eigenvalue weighted by atomic mass is 127. The fourth-order valence-corrected chi connectivity index (χ4v) is 3.07. The van der Waals surface area contributed by atoms with Gasteiger partial charge < -0.3 is 10.6 Å². The van der Waals surface area contributed by atoms with E-state index in [2.05, 4.69) is 15.0 Å². The molecule has 7 heteroatoms. The molecule has 1 aliphatic rings. The van der Waals surface area contributed by atoms with Gasteiger partial charge in [0.1, 0.15) is 0 Å². The van der Waals surface area contributed by atoms with Gasteiger partial charge in [-0.2, -0.15) is 16.9 Å². The van der Waals surface area contributed by atoms with Crippen molar-refractivity contribution in [3.63, 3.8) is 0 Å². The highest BCUT2D eigenvalue weighted by molar-refractivity contribution is 14.0. The van der Waals surface area contributed by atoms with Crippen LogP contribution < -0.4 is 5.73 Å². The molecule has 0 aromatic carbocycles. The van der Waals surface area contributed by atoms with E-state index >= 15 is 0 Å². The fraction of sp³-hybridized carbons (Fsp3) is 0.385. The van der Waals surface area contributed by atoms with Crippen molar-refractivity contribution < 1.29 is 0 Å². The molecule has 1 aliphatic heterocycles. The van der Waals surface area contributed by atoms with Crippen molar-refractivity contribution in [2.24, 2.45) is 10.7 Å². The number of pyridine rings is 1. The minimum absolute atomic E-state index is 0. The molecule has 5 nitrogen and oxygen atoms in total. The summed E-state index contributed by atoms with van der Waals surface area (Å²) in [5, 5.41) is 4.30.